The minimum absolute atomic E-state index is 0.0445. The summed E-state index contributed by atoms with van der Waals surface area (Å²) < 4.78 is 10.5. The molecule has 2 rings (SSSR count). The highest BCUT2D eigenvalue weighted by Crippen LogP contribution is 2.36. The monoisotopic (exact) mass is 239 g/mol. The third-order valence-corrected chi connectivity index (χ3v) is 2.56. The van der Waals surface area contributed by atoms with Gasteiger partial charge in [0.25, 0.3) is 0 Å². The molecule has 1 aliphatic rings. The predicted molar refractivity (Wildman–Crippen MR) is 64.4 cm³/mol. The van der Waals surface area contributed by atoms with E-state index in [2.05, 4.69) is 17.9 Å². The lowest BCUT2D eigenvalue weighted by Gasteiger charge is -2.08. The highest BCUT2D eigenvalue weighted by molar-refractivity contribution is 7.80. The molecule has 0 bridgehead atoms. The van der Waals surface area contributed by atoms with E-state index < -0.39 is 0 Å². The molecule has 16 heavy (non-hydrogen) atoms. The van der Waals surface area contributed by atoms with E-state index in [-0.39, 0.29) is 12.7 Å². The first-order valence-electron chi connectivity index (χ1n) is 5.01. The molecule has 0 saturated carbocycles. The molecule has 1 N–H and O–H groups in total. The molecule has 4 nitrogen and oxygen atoms in total. The third-order valence-electron chi connectivity index (χ3n) is 2.33. The van der Waals surface area contributed by atoms with Gasteiger partial charge < -0.3 is 14.8 Å². The van der Waals surface area contributed by atoms with Crippen LogP contribution >= 0.6 is 12.6 Å². The zero-order chi connectivity index (χ0) is 11.5. The van der Waals surface area contributed by atoms with E-state index in [1.54, 1.807) is 6.07 Å². The molecule has 0 radical (unpaired) electrons. The molecule has 1 aliphatic heterocycles. The fourth-order valence-electron chi connectivity index (χ4n) is 1.49. The first-order valence-corrected chi connectivity index (χ1v) is 5.65. The van der Waals surface area contributed by atoms with E-state index in [0.717, 1.165) is 17.0 Å². The Kier molecular flexibility index (Phi) is 3.24. The van der Waals surface area contributed by atoms with Gasteiger partial charge >= 0.3 is 0 Å². The van der Waals surface area contributed by atoms with Crippen LogP contribution in [0.2, 0.25) is 0 Å². The molecule has 5 heteroatoms. The average Bonchev–Trinajstić information content (AvgIpc) is 2.65. The van der Waals surface area contributed by atoms with Gasteiger partial charge in [0.15, 0.2) is 11.5 Å². The van der Waals surface area contributed by atoms with Crippen LogP contribution in [0, 0.1) is 6.92 Å². The van der Waals surface area contributed by atoms with Crippen molar-refractivity contribution in [2.45, 2.75) is 13.3 Å². The zero-order valence-corrected chi connectivity index (χ0v) is 9.84. The van der Waals surface area contributed by atoms with Crippen molar-refractivity contribution in [1.29, 1.82) is 0 Å². The molecule has 0 atom stereocenters. The summed E-state index contributed by atoms with van der Waals surface area (Å²) in [5, 5.41) is 2.82. The van der Waals surface area contributed by atoms with E-state index in [4.69, 9.17) is 9.47 Å². The summed E-state index contributed by atoms with van der Waals surface area (Å²) in [6.07, 6.45) is 0.400. The molecule has 0 saturated heterocycles. The van der Waals surface area contributed by atoms with Crippen molar-refractivity contribution in [3.05, 3.63) is 17.7 Å². The number of carbonyl (C=O) groups is 1. The van der Waals surface area contributed by atoms with Crippen molar-refractivity contribution >= 4 is 24.2 Å². The number of hydrogen-bond acceptors (Lipinski definition) is 4. The second-order valence-electron chi connectivity index (χ2n) is 3.54. The van der Waals surface area contributed by atoms with Crippen LogP contribution in [-0.2, 0) is 4.79 Å². The molecular weight excluding hydrogens is 226 g/mol. The number of ether oxygens (including phenoxy) is 2. The molecule has 0 aliphatic carbocycles. The summed E-state index contributed by atoms with van der Waals surface area (Å²) in [6.45, 7) is 2.15. The van der Waals surface area contributed by atoms with Gasteiger partial charge in [-0.3, -0.25) is 4.79 Å². The Balaban J connectivity index is 2.18. The molecule has 1 amide bonds. The fourth-order valence-corrected chi connectivity index (χ4v) is 1.70. The number of anilines is 1. The standard InChI is InChI=1S/C11H13NO3S/c1-7-4-9-10(15-6-14-9)5-8(7)12-11(13)2-3-16/h4-5,16H,2-3,6H2,1H3,(H,12,13). The molecular formula is C11H13NO3S. The molecule has 0 spiro atoms. The van der Waals surface area contributed by atoms with Gasteiger partial charge in [-0.1, -0.05) is 0 Å². The van der Waals surface area contributed by atoms with Gasteiger partial charge in [0, 0.05) is 18.2 Å². The Morgan fingerprint density at radius 2 is 2.12 bits per heavy atom. The summed E-state index contributed by atoms with van der Waals surface area (Å²) >= 11 is 4.01. The number of fused-ring (bicyclic) bond motifs is 1. The van der Waals surface area contributed by atoms with Crippen LogP contribution in [0.4, 0.5) is 5.69 Å². The van der Waals surface area contributed by atoms with Gasteiger partial charge in [0.2, 0.25) is 12.7 Å². The summed E-state index contributed by atoms with van der Waals surface area (Å²) in [5.74, 6) is 1.89. The molecule has 86 valence electrons. The maximum atomic E-state index is 11.4. The van der Waals surface area contributed by atoms with E-state index >= 15 is 0 Å². The quantitative estimate of drug-likeness (QED) is 0.793. The van der Waals surface area contributed by atoms with Crippen LogP contribution in [0.1, 0.15) is 12.0 Å². The number of aryl methyl sites for hydroxylation is 1. The van der Waals surface area contributed by atoms with Crippen molar-refractivity contribution in [3.8, 4) is 11.5 Å². The zero-order valence-electron chi connectivity index (χ0n) is 8.95. The van der Waals surface area contributed by atoms with Gasteiger partial charge in [0.1, 0.15) is 0 Å². The van der Waals surface area contributed by atoms with Crippen molar-refractivity contribution in [1.82, 2.24) is 0 Å². The Bertz CT molecular complexity index is 420. The highest BCUT2D eigenvalue weighted by atomic mass is 32.1. The van der Waals surface area contributed by atoms with Crippen molar-refractivity contribution < 1.29 is 14.3 Å². The molecule has 1 aromatic rings. The highest BCUT2D eigenvalue weighted by Gasteiger charge is 2.16. The molecule has 0 fully saturated rings. The first kappa shape index (κ1) is 11.1. The second-order valence-corrected chi connectivity index (χ2v) is 3.99. The second kappa shape index (κ2) is 4.65. The number of amides is 1. The maximum absolute atomic E-state index is 11.4. The van der Waals surface area contributed by atoms with E-state index in [0.29, 0.717) is 17.9 Å². The molecule has 0 unspecified atom stereocenters. The topological polar surface area (TPSA) is 47.6 Å². The Morgan fingerprint density at radius 3 is 2.81 bits per heavy atom. The maximum Gasteiger partial charge on any atom is 0.231 e. The van der Waals surface area contributed by atoms with E-state index in [9.17, 15) is 4.79 Å². The normalized spacial score (nSPS) is 12.6. The van der Waals surface area contributed by atoms with Crippen molar-refractivity contribution in [3.63, 3.8) is 0 Å². The average molecular weight is 239 g/mol. The summed E-state index contributed by atoms with van der Waals surface area (Å²) in [6, 6.07) is 3.65. The number of benzene rings is 1. The smallest absolute Gasteiger partial charge is 0.231 e. The van der Waals surface area contributed by atoms with E-state index in [1.807, 2.05) is 13.0 Å². The van der Waals surface area contributed by atoms with E-state index in [1.165, 1.54) is 0 Å². The van der Waals surface area contributed by atoms with Crippen LogP contribution in [0.3, 0.4) is 0 Å². The number of nitrogens with one attached hydrogen (secondary N) is 1. The third kappa shape index (κ3) is 2.24. The van der Waals surface area contributed by atoms with Crippen LogP contribution < -0.4 is 14.8 Å². The van der Waals surface area contributed by atoms with Gasteiger partial charge in [-0.05, 0) is 24.3 Å². The summed E-state index contributed by atoms with van der Waals surface area (Å²) in [5.41, 5.74) is 1.72. The van der Waals surface area contributed by atoms with Crippen molar-refractivity contribution in [2.75, 3.05) is 17.9 Å². The summed E-state index contributed by atoms with van der Waals surface area (Å²) in [4.78, 5) is 11.4. The fraction of sp³-hybridized carbons (Fsp3) is 0.364. The van der Waals surface area contributed by atoms with Gasteiger partial charge in [0.05, 0.1) is 0 Å². The van der Waals surface area contributed by atoms with Gasteiger partial charge in [-0.15, -0.1) is 0 Å². The molecule has 1 aromatic carbocycles. The number of rotatable bonds is 3. The predicted octanol–water partition coefficient (Wildman–Crippen LogP) is 1.98. The van der Waals surface area contributed by atoms with Gasteiger partial charge in [-0.2, -0.15) is 12.6 Å². The van der Waals surface area contributed by atoms with Crippen LogP contribution in [-0.4, -0.2) is 18.5 Å². The first-order chi connectivity index (χ1) is 7.70. The molecule has 0 aromatic heterocycles. The van der Waals surface area contributed by atoms with Crippen LogP contribution in [0.25, 0.3) is 0 Å². The SMILES string of the molecule is Cc1cc2c(cc1NC(=O)CCS)OCO2. The number of thiol groups is 1. The molecule has 1 heterocycles. The lowest BCUT2D eigenvalue weighted by molar-refractivity contribution is -0.115. The number of hydrogen-bond donors (Lipinski definition) is 2. The van der Waals surface area contributed by atoms with Crippen LogP contribution in [0.15, 0.2) is 12.1 Å². The minimum Gasteiger partial charge on any atom is -0.454 e. The van der Waals surface area contributed by atoms with Gasteiger partial charge in [-0.25, -0.2) is 0 Å². The van der Waals surface area contributed by atoms with Crippen molar-refractivity contribution in [2.24, 2.45) is 0 Å². The lowest BCUT2D eigenvalue weighted by atomic mass is 10.1. The number of carbonyl (C=O) groups excluding carboxylic acids is 1. The van der Waals surface area contributed by atoms with Crippen LogP contribution in [0.5, 0.6) is 11.5 Å². The Labute approximate surface area is 99.3 Å². The summed E-state index contributed by atoms with van der Waals surface area (Å²) in [7, 11) is 0. The Hall–Kier alpha value is -1.36. The largest absolute Gasteiger partial charge is 0.454 e. The minimum atomic E-state index is -0.0445. The lowest BCUT2D eigenvalue weighted by Crippen LogP contribution is -2.12. The Morgan fingerprint density at radius 1 is 1.44 bits per heavy atom.